The molecule has 7 heteroatoms. The number of hydrogen-bond acceptors (Lipinski definition) is 5. The second-order valence-corrected chi connectivity index (χ2v) is 7.23. The zero-order valence-corrected chi connectivity index (χ0v) is 16.9. The summed E-state index contributed by atoms with van der Waals surface area (Å²) in [5, 5.41) is 22.3. The lowest BCUT2D eigenvalue weighted by atomic mass is 9.78. The van der Waals surface area contributed by atoms with Gasteiger partial charge in [-0.15, -0.1) is 0 Å². The van der Waals surface area contributed by atoms with Crippen LogP contribution in [0.5, 0.6) is 0 Å². The van der Waals surface area contributed by atoms with E-state index in [1.807, 2.05) is 13.8 Å². The molecule has 154 valence electrons. The summed E-state index contributed by atoms with van der Waals surface area (Å²) in [7, 11) is 0. The van der Waals surface area contributed by atoms with Gasteiger partial charge in [-0.1, -0.05) is 38.1 Å². The first-order valence-corrected chi connectivity index (χ1v) is 9.22. The number of rotatable bonds is 7. The van der Waals surface area contributed by atoms with E-state index in [-0.39, 0.29) is 23.7 Å². The first-order chi connectivity index (χ1) is 13.6. The number of dihydropyridines is 1. The van der Waals surface area contributed by atoms with Crippen molar-refractivity contribution in [1.29, 1.82) is 0 Å². The predicted molar refractivity (Wildman–Crippen MR) is 108 cm³/mol. The van der Waals surface area contributed by atoms with E-state index in [2.05, 4.69) is 5.32 Å². The lowest BCUT2D eigenvalue weighted by Crippen LogP contribution is -2.31. The van der Waals surface area contributed by atoms with Crippen LogP contribution in [0.1, 0.15) is 44.7 Å². The Morgan fingerprint density at radius 2 is 1.62 bits per heavy atom. The van der Waals surface area contributed by atoms with Crippen LogP contribution in [0, 0.1) is 5.92 Å². The molecule has 0 atom stereocenters. The molecule has 0 unspecified atom stereocenters. The fraction of sp³-hybridized carbons (Fsp3) is 0.318. The van der Waals surface area contributed by atoms with Gasteiger partial charge in [-0.2, -0.15) is 0 Å². The van der Waals surface area contributed by atoms with Gasteiger partial charge in [0.1, 0.15) is 0 Å². The van der Waals surface area contributed by atoms with Crippen molar-refractivity contribution in [3.8, 4) is 0 Å². The number of carboxylic acid groups (broad SMARTS) is 2. The van der Waals surface area contributed by atoms with Crippen LogP contribution < -0.4 is 5.32 Å². The largest absolute Gasteiger partial charge is 0.478 e. The Bertz CT molecular complexity index is 887. The monoisotopic (exact) mass is 399 g/mol. The van der Waals surface area contributed by atoms with Gasteiger partial charge in [0.25, 0.3) is 0 Å². The summed E-state index contributed by atoms with van der Waals surface area (Å²) in [5.74, 6) is -3.72. The molecular weight excluding hydrogens is 374 g/mol. The van der Waals surface area contributed by atoms with Gasteiger partial charge in [-0.05, 0) is 37.0 Å². The SMILES string of the molecule is CC1=C(C(=O)O)C(c2ccccc2/C=C/C(=O)OCC(C)C)C(C(=O)O)=C(C)N1. The molecule has 0 saturated carbocycles. The second-order valence-electron chi connectivity index (χ2n) is 7.23. The summed E-state index contributed by atoms with van der Waals surface area (Å²) in [4.78, 5) is 35.8. The maximum absolute atomic E-state index is 11.9. The van der Waals surface area contributed by atoms with E-state index in [0.717, 1.165) is 0 Å². The fourth-order valence-electron chi connectivity index (χ4n) is 3.25. The summed E-state index contributed by atoms with van der Waals surface area (Å²) >= 11 is 0. The van der Waals surface area contributed by atoms with Crippen molar-refractivity contribution in [3.05, 3.63) is 64.0 Å². The number of carbonyl (C=O) groups is 3. The summed E-state index contributed by atoms with van der Waals surface area (Å²) in [5.41, 5.74) is 1.68. The number of nitrogens with one attached hydrogen (secondary N) is 1. The number of ether oxygens (including phenoxy) is 1. The first kappa shape index (κ1) is 21.9. The fourth-order valence-corrected chi connectivity index (χ4v) is 3.25. The van der Waals surface area contributed by atoms with Gasteiger partial charge >= 0.3 is 17.9 Å². The van der Waals surface area contributed by atoms with E-state index in [9.17, 15) is 24.6 Å². The Balaban J connectivity index is 2.53. The quantitative estimate of drug-likeness (QED) is 0.476. The highest BCUT2D eigenvalue weighted by Crippen LogP contribution is 2.39. The van der Waals surface area contributed by atoms with E-state index >= 15 is 0 Å². The van der Waals surface area contributed by atoms with Crippen LogP contribution in [0.4, 0.5) is 0 Å². The molecule has 3 N–H and O–H groups in total. The van der Waals surface area contributed by atoms with Crippen molar-refractivity contribution in [2.45, 2.75) is 33.6 Å². The number of allylic oxidation sites excluding steroid dienone is 2. The lowest BCUT2D eigenvalue weighted by Gasteiger charge is -2.29. The molecule has 1 aliphatic rings. The van der Waals surface area contributed by atoms with E-state index in [0.29, 0.717) is 22.5 Å². The minimum absolute atomic E-state index is 0.0452. The molecule has 0 fully saturated rings. The van der Waals surface area contributed by atoms with E-state index in [1.54, 1.807) is 38.1 Å². The Morgan fingerprint density at radius 1 is 1.07 bits per heavy atom. The molecule has 0 spiro atoms. The maximum atomic E-state index is 11.9. The lowest BCUT2D eigenvalue weighted by molar-refractivity contribution is -0.139. The molecule has 1 aromatic carbocycles. The molecule has 29 heavy (non-hydrogen) atoms. The number of esters is 1. The summed E-state index contributed by atoms with van der Waals surface area (Å²) in [6.07, 6.45) is 2.78. The van der Waals surface area contributed by atoms with Crippen molar-refractivity contribution in [1.82, 2.24) is 5.32 Å². The van der Waals surface area contributed by atoms with Crippen LogP contribution in [-0.2, 0) is 19.1 Å². The molecule has 0 aromatic heterocycles. The number of aliphatic carboxylic acids is 2. The average Bonchev–Trinajstić information content (AvgIpc) is 2.63. The third kappa shape index (κ3) is 5.13. The molecule has 0 amide bonds. The van der Waals surface area contributed by atoms with Crippen molar-refractivity contribution in [3.63, 3.8) is 0 Å². The molecule has 1 heterocycles. The van der Waals surface area contributed by atoms with Crippen LogP contribution in [0.2, 0.25) is 0 Å². The van der Waals surface area contributed by atoms with E-state index < -0.39 is 23.8 Å². The highest BCUT2D eigenvalue weighted by atomic mass is 16.5. The second kappa shape index (κ2) is 9.23. The van der Waals surface area contributed by atoms with Crippen LogP contribution in [-0.4, -0.2) is 34.7 Å². The predicted octanol–water partition coefficient (Wildman–Crippen LogP) is 3.30. The average molecular weight is 399 g/mol. The minimum atomic E-state index is -1.21. The van der Waals surface area contributed by atoms with Crippen molar-refractivity contribution in [2.75, 3.05) is 6.61 Å². The first-order valence-electron chi connectivity index (χ1n) is 9.22. The summed E-state index contributed by atoms with van der Waals surface area (Å²) in [6.45, 7) is 7.33. The third-order valence-electron chi connectivity index (χ3n) is 4.49. The molecule has 1 aliphatic heterocycles. The van der Waals surface area contributed by atoms with Crippen molar-refractivity contribution in [2.24, 2.45) is 5.92 Å². The topological polar surface area (TPSA) is 113 Å². The van der Waals surface area contributed by atoms with Gasteiger partial charge in [-0.25, -0.2) is 14.4 Å². The van der Waals surface area contributed by atoms with E-state index in [1.165, 1.54) is 12.2 Å². The van der Waals surface area contributed by atoms with Gasteiger partial charge in [0.05, 0.1) is 23.7 Å². The standard InChI is InChI=1S/C22H25NO6/c1-12(2)11-29-17(24)10-9-15-7-5-6-8-16(15)20-18(21(25)26)13(3)23-14(4)19(20)22(27)28/h5-10,12,20,23H,11H2,1-4H3,(H,25,26)(H,27,28)/b10-9+. The number of carboxylic acids is 2. The molecule has 0 radical (unpaired) electrons. The zero-order valence-electron chi connectivity index (χ0n) is 16.9. The van der Waals surface area contributed by atoms with Gasteiger partial charge < -0.3 is 20.3 Å². The van der Waals surface area contributed by atoms with Gasteiger partial charge in [0.2, 0.25) is 0 Å². The number of hydrogen-bond donors (Lipinski definition) is 3. The maximum Gasteiger partial charge on any atom is 0.334 e. The summed E-state index contributed by atoms with van der Waals surface area (Å²) in [6, 6.07) is 6.81. The molecule has 0 bridgehead atoms. The van der Waals surface area contributed by atoms with Crippen LogP contribution in [0.15, 0.2) is 52.9 Å². The number of benzene rings is 1. The van der Waals surface area contributed by atoms with Crippen LogP contribution in [0.25, 0.3) is 6.08 Å². The normalized spacial score (nSPS) is 15.1. The Kier molecular flexibility index (Phi) is 6.98. The van der Waals surface area contributed by atoms with Gasteiger partial charge in [0.15, 0.2) is 0 Å². The highest BCUT2D eigenvalue weighted by molar-refractivity contribution is 5.99. The molecule has 2 rings (SSSR count). The number of carbonyl (C=O) groups excluding carboxylic acids is 1. The molecule has 1 aromatic rings. The Hall–Kier alpha value is -3.35. The van der Waals surface area contributed by atoms with Crippen LogP contribution in [0.3, 0.4) is 0 Å². The molecular formula is C22H25NO6. The molecule has 0 aliphatic carbocycles. The van der Waals surface area contributed by atoms with Crippen molar-refractivity contribution < 1.29 is 29.3 Å². The molecule has 7 nitrogen and oxygen atoms in total. The Morgan fingerprint density at radius 3 is 2.14 bits per heavy atom. The minimum Gasteiger partial charge on any atom is -0.478 e. The third-order valence-corrected chi connectivity index (χ3v) is 4.49. The Labute approximate surface area is 169 Å². The smallest absolute Gasteiger partial charge is 0.334 e. The van der Waals surface area contributed by atoms with Gasteiger partial charge in [-0.3, -0.25) is 0 Å². The van der Waals surface area contributed by atoms with Crippen molar-refractivity contribution >= 4 is 24.0 Å². The van der Waals surface area contributed by atoms with E-state index in [4.69, 9.17) is 4.74 Å². The van der Waals surface area contributed by atoms with Gasteiger partial charge in [0, 0.05) is 17.5 Å². The zero-order chi connectivity index (χ0) is 21.7. The summed E-state index contributed by atoms with van der Waals surface area (Å²) < 4.78 is 5.12. The molecule has 0 saturated heterocycles. The highest BCUT2D eigenvalue weighted by Gasteiger charge is 2.37. The van der Waals surface area contributed by atoms with Crippen LogP contribution >= 0.6 is 0 Å².